The maximum Gasteiger partial charge on any atom is 0.126 e. The van der Waals surface area contributed by atoms with E-state index in [4.69, 9.17) is 0 Å². The van der Waals surface area contributed by atoms with E-state index in [1.165, 1.54) is 0 Å². The van der Waals surface area contributed by atoms with E-state index in [1.54, 1.807) is 12.1 Å². The summed E-state index contributed by atoms with van der Waals surface area (Å²) in [6.45, 7) is 8.29. The third-order valence-electron chi connectivity index (χ3n) is 4.82. The summed E-state index contributed by atoms with van der Waals surface area (Å²) in [4.78, 5) is 0. The summed E-state index contributed by atoms with van der Waals surface area (Å²) >= 11 is 0. The number of benzene rings is 1. The normalized spacial score (nSPS) is 28.4. The second kappa shape index (κ2) is 5.24. The molecule has 2 rings (SSSR count). The minimum atomic E-state index is -0.324. The predicted molar refractivity (Wildman–Crippen MR) is 76.7 cm³/mol. The van der Waals surface area contributed by atoms with Gasteiger partial charge < -0.3 is 5.11 Å². The number of hydrogen-bond acceptors (Lipinski definition) is 1. The lowest BCUT2D eigenvalue weighted by Gasteiger charge is -2.42. The van der Waals surface area contributed by atoms with Crippen molar-refractivity contribution in [1.29, 1.82) is 0 Å². The summed E-state index contributed by atoms with van der Waals surface area (Å²) in [5.41, 5.74) is 1.49. The quantitative estimate of drug-likeness (QED) is 0.848. The van der Waals surface area contributed by atoms with Gasteiger partial charge in [0.25, 0.3) is 0 Å². The van der Waals surface area contributed by atoms with Crippen molar-refractivity contribution in [2.24, 2.45) is 11.8 Å². The third kappa shape index (κ3) is 2.84. The zero-order valence-electron chi connectivity index (χ0n) is 12.4. The second-order valence-electron chi connectivity index (χ2n) is 6.80. The number of aryl methyl sites for hydroxylation is 1. The van der Waals surface area contributed by atoms with Crippen molar-refractivity contribution >= 4 is 0 Å². The average molecular weight is 264 g/mol. The Morgan fingerprint density at radius 2 is 1.95 bits per heavy atom. The highest BCUT2D eigenvalue weighted by atomic mass is 19.1. The molecule has 0 amide bonds. The summed E-state index contributed by atoms with van der Waals surface area (Å²) in [6.07, 6.45) is 2.61. The molecule has 0 saturated heterocycles. The van der Waals surface area contributed by atoms with Gasteiger partial charge in [0.15, 0.2) is 0 Å². The van der Waals surface area contributed by atoms with Crippen molar-refractivity contribution in [2.45, 2.75) is 58.5 Å². The topological polar surface area (TPSA) is 20.2 Å². The smallest absolute Gasteiger partial charge is 0.126 e. The molecule has 2 heteroatoms. The minimum absolute atomic E-state index is 0.139. The molecular weight excluding hydrogens is 239 g/mol. The standard InChI is InChI=1S/C17H25FO/c1-11-6-8-15(18)14(9-11)17(3,4)13-7-5-12(2)10-16(13)19/h6,8-9,12-13,16,19H,5,7,10H2,1-4H3. The predicted octanol–water partition coefficient (Wildman–Crippen LogP) is 4.21. The number of rotatable bonds is 2. The van der Waals surface area contributed by atoms with E-state index < -0.39 is 0 Å². The van der Waals surface area contributed by atoms with E-state index >= 15 is 0 Å². The highest BCUT2D eigenvalue weighted by molar-refractivity contribution is 5.31. The lowest BCUT2D eigenvalue weighted by atomic mass is 9.64. The fourth-order valence-electron chi connectivity index (χ4n) is 3.53. The molecule has 0 bridgehead atoms. The molecule has 1 fully saturated rings. The Morgan fingerprint density at radius 1 is 1.26 bits per heavy atom. The van der Waals surface area contributed by atoms with E-state index in [0.29, 0.717) is 5.92 Å². The van der Waals surface area contributed by atoms with Gasteiger partial charge in [0.05, 0.1) is 6.10 Å². The summed E-state index contributed by atoms with van der Waals surface area (Å²) < 4.78 is 14.1. The van der Waals surface area contributed by atoms with Crippen LogP contribution in [0.4, 0.5) is 4.39 Å². The van der Waals surface area contributed by atoms with Crippen LogP contribution in [0.2, 0.25) is 0 Å². The van der Waals surface area contributed by atoms with E-state index in [2.05, 4.69) is 20.8 Å². The summed E-state index contributed by atoms with van der Waals surface area (Å²) in [5, 5.41) is 10.4. The van der Waals surface area contributed by atoms with Crippen LogP contribution in [0.3, 0.4) is 0 Å². The Morgan fingerprint density at radius 3 is 2.58 bits per heavy atom. The van der Waals surface area contributed by atoms with Crippen LogP contribution >= 0.6 is 0 Å². The number of aliphatic hydroxyl groups excluding tert-OH is 1. The lowest BCUT2D eigenvalue weighted by molar-refractivity contribution is 0.0135. The molecule has 19 heavy (non-hydrogen) atoms. The van der Waals surface area contributed by atoms with Crippen molar-refractivity contribution in [1.82, 2.24) is 0 Å². The largest absolute Gasteiger partial charge is 0.393 e. The molecule has 1 aliphatic carbocycles. The molecule has 0 heterocycles. The first kappa shape index (κ1) is 14.5. The Kier molecular flexibility index (Phi) is 4.00. The van der Waals surface area contributed by atoms with Gasteiger partial charge in [-0.3, -0.25) is 0 Å². The first-order valence-corrected chi connectivity index (χ1v) is 7.27. The Hall–Kier alpha value is -0.890. The van der Waals surface area contributed by atoms with Crippen LogP contribution in [0.15, 0.2) is 18.2 Å². The van der Waals surface area contributed by atoms with E-state index in [1.807, 2.05) is 13.0 Å². The highest BCUT2D eigenvalue weighted by Crippen LogP contribution is 2.43. The van der Waals surface area contributed by atoms with Gasteiger partial charge in [-0.2, -0.15) is 0 Å². The molecule has 1 aliphatic rings. The molecule has 106 valence electrons. The van der Waals surface area contributed by atoms with Crippen molar-refractivity contribution < 1.29 is 9.50 Å². The van der Waals surface area contributed by atoms with Crippen LogP contribution in [0.5, 0.6) is 0 Å². The Balaban J connectivity index is 2.33. The minimum Gasteiger partial charge on any atom is -0.393 e. The lowest BCUT2D eigenvalue weighted by Crippen LogP contribution is -2.41. The van der Waals surface area contributed by atoms with Crippen LogP contribution in [-0.4, -0.2) is 11.2 Å². The summed E-state index contributed by atoms with van der Waals surface area (Å²) in [6, 6.07) is 5.28. The van der Waals surface area contributed by atoms with Crippen LogP contribution in [-0.2, 0) is 5.41 Å². The van der Waals surface area contributed by atoms with Gasteiger partial charge in [-0.25, -0.2) is 4.39 Å². The Labute approximate surface area is 115 Å². The van der Waals surface area contributed by atoms with Crippen LogP contribution in [0.25, 0.3) is 0 Å². The van der Waals surface area contributed by atoms with E-state index in [0.717, 1.165) is 30.4 Å². The van der Waals surface area contributed by atoms with Crippen LogP contribution in [0, 0.1) is 24.6 Å². The molecule has 0 spiro atoms. The van der Waals surface area contributed by atoms with Gasteiger partial charge in [0.2, 0.25) is 0 Å². The fraction of sp³-hybridized carbons (Fsp3) is 0.647. The molecule has 0 radical (unpaired) electrons. The number of aliphatic hydroxyl groups is 1. The van der Waals surface area contributed by atoms with Gasteiger partial charge in [-0.05, 0) is 48.6 Å². The first-order chi connectivity index (χ1) is 8.82. The third-order valence-corrected chi connectivity index (χ3v) is 4.82. The zero-order valence-corrected chi connectivity index (χ0v) is 12.4. The van der Waals surface area contributed by atoms with Crippen molar-refractivity contribution in [3.05, 3.63) is 35.1 Å². The van der Waals surface area contributed by atoms with Gasteiger partial charge in [0.1, 0.15) is 5.82 Å². The Bertz CT molecular complexity index is 453. The fourth-order valence-corrected chi connectivity index (χ4v) is 3.53. The van der Waals surface area contributed by atoms with Crippen molar-refractivity contribution in [3.8, 4) is 0 Å². The summed E-state index contributed by atoms with van der Waals surface area (Å²) in [7, 11) is 0. The van der Waals surface area contributed by atoms with Crippen LogP contribution < -0.4 is 0 Å². The van der Waals surface area contributed by atoms with Gasteiger partial charge in [0, 0.05) is 0 Å². The molecule has 1 saturated carbocycles. The maximum absolute atomic E-state index is 14.1. The zero-order chi connectivity index (χ0) is 14.2. The highest BCUT2D eigenvalue weighted by Gasteiger charge is 2.40. The summed E-state index contributed by atoms with van der Waals surface area (Å²) in [5.74, 6) is 0.561. The van der Waals surface area contributed by atoms with Gasteiger partial charge in [-0.1, -0.05) is 44.9 Å². The molecule has 1 aromatic rings. The van der Waals surface area contributed by atoms with Gasteiger partial charge in [-0.15, -0.1) is 0 Å². The number of halogens is 1. The van der Waals surface area contributed by atoms with E-state index in [-0.39, 0.29) is 23.3 Å². The molecule has 3 atom stereocenters. The van der Waals surface area contributed by atoms with E-state index in [9.17, 15) is 9.50 Å². The average Bonchev–Trinajstić information content (AvgIpc) is 2.31. The number of hydrogen-bond donors (Lipinski definition) is 1. The SMILES string of the molecule is Cc1ccc(F)c(C(C)(C)C2CCC(C)CC2O)c1. The molecule has 0 aromatic heterocycles. The first-order valence-electron chi connectivity index (χ1n) is 7.27. The van der Waals surface area contributed by atoms with Crippen molar-refractivity contribution in [3.63, 3.8) is 0 Å². The molecule has 1 nitrogen and oxygen atoms in total. The maximum atomic E-state index is 14.1. The molecule has 3 unspecified atom stereocenters. The molecular formula is C17H25FO. The molecule has 1 aromatic carbocycles. The monoisotopic (exact) mass is 264 g/mol. The van der Waals surface area contributed by atoms with Crippen LogP contribution in [0.1, 0.15) is 51.2 Å². The van der Waals surface area contributed by atoms with Crippen molar-refractivity contribution in [2.75, 3.05) is 0 Å². The molecule has 0 aliphatic heterocycles. The van der Waals surface area contributed by atoms with Gasteiger partial charge >= 0.3 is 0 Å². The second-order valence-corrected chi connectivity index (χ2v) is 6.80. The molecule has 1 N–H and O–H groups in total.